The van der Waals surface area contributed by atoms with E-state index in [2.05, 4.69) is 28.0 Å². The van der Waals surface area contributed by atoms with Crippen molar-refractivity contribution in [1.29, 1.82) is 0 Å². The Balaban J connectivity index is 2.35. The smallest absolute Gasteiger partial charge is 0.171 e. The minimum atomic E-state index is -0.372. The van der Waals surface area contributed by atoms with Crippen molar-refractivity contribution in [3.05, 3.63) is 28.0 Å². The van der Waals surface area contributed by atoms with Crippen molar-refractivity contribution >= 4 is 39.2 Å². The first-order chi connectivity index (χ1) is 9.04. The Morgan fingerprint density at radius 3 is 3.00 bits per heavy atom. The summed E-state index contributed by atoms with van der Waals surface area (Å²) >= 11 is 5.07. The molecule has 1 heterocycles. The van der Waals surface area contributed by atoms with Gasteiger partial charge in [0, 0.05) is 29.7 Å². The number of anilines is 1. The van der Waals surface area contributed by atoms with Crippen molar-refractivity contribution in [2.75, 3.05) is 23.7 Å². The molecule has 1 unspecified atom stereocenters. The average molecular weight is 348 g/mol. The SMILES string of the molecule is CC1CN(c2ccc(/C(N)=N/O)c(Br)c2F)CCS1. The van der Waals surface area contributed by atoms with Crippen LogP contribution in [-0.2, 0) is 0 Å². The van der Waals surface area contributed by atoms with Crippen LogP contribution in [-0.4, -0.2) is 35.1 Å². The van der Waals surface area contributed by atoms with E-state index in [0.29, 0.717) is 16.5 Å². The lowest BCUT2D eigenvalue weighted by Gasteiger charge is -2.33. The van der Waals surface area contributed by atoms with Gasteiger partial charge in [0.05, 0.1) is 10.2 Å². The zero-order chi connectivity index (χ0) is 14.0. The third-order valence-electron chi connectivity index (χ3n) is 3.03. The molecule has 19 heavy (non-hydrogen) atoms. The van der Waals surface area contributed by atoms with E-state index in [9.17, 15) is 4.39 Å². The number of nitrogens with two attached hydrogens (primary N) is 1. The molecule has 104 valence electrons. The van der Waals surface area contributed by atoms with Gasteiger partial charge in [-0.3, -0.25) is 0 Å². The minimum absolute atomic E-state index is 0.111. The maximum atomic E-state index is 14.4. The van der Waals surface area contributed by atoms with E-state index in [1.54, 1.807) is 12.1 Å². The Bertz CT molecular complexity index is 512. The number of hydrogen-bond acceptors (Lipinski definition) is 4. The van der Waals surface area contributed by atoms with Crippen LogP contribution in [0.3, 0.4) is 0 Å². The van der Waals surface area contributed by atoms with Gasteiger partial charge in [0.2, 0.25) is 0 Å². The molecule has 2 rings (SSSR count). The molecule has 1 aromatic rings. The summed E-state index contributed by atoms with van der Waals surface area (Å²) in [6, 6.07) is 3.33. The van der Waals surface area contributed by atoms with Gasteiger partial charge in [-0.2, -0.15) is 11.8 Å². The summed E-state index contributed by atoms with van der Waals surface area (Å²) in [5, 5.41) is 12.0. The lowest BCUT2D eigenvalue weighted by molar-refractivity contribution is 0.318. The van der Waals surface area contributed by atoms with Crippen LogP contribution in [0.2, 0.25) is 0 Å². The molecule has 4 nitrogen and oxygen atoms in total. The number of halogens is 2. The number of thioether (sulfide) groups is 1. The zero-order valence-electron chi connectivity index (χ0n) is 10.4. The van der Waals surface area contributed by atoms with Gasteiger partial charge in [-0.05, 0) is 28.1 Å². The topological polar surface area (TPSA) is 61.8 Å². The van der Waals surface area contributed by atoms with E-state index in [0.717, 1.165) is 18.8 Å². The number of benzene rings is 1. The number of rotatable bonds is 2. The highest BCUT2D eigenvalue weighted by Crippen LogP contribution is 2.32. The van der Waals surface area contributed by atoms with Crippen LogP contribution in [0.25, 0.3) is 0 Å². The predicted octanol–water partition coefficient (Wildman–Crippen LogP) is 2.62. The second kappa shape index (κ2) is 6.00. The Morgan fingerprint density at radius 1 is 1.63 bits per heavy atom. The Morgan fingerprint density at radius 2 is 2.37 bits per heavy atom. The summed E-state index contributed by atoms with van der Waals surface area (Å²) in [5.41, 5.74) is 6.40. The van der Waals surface area contributed by atoms with Crippen LogP contribution in [0.5, 0.6) is 0 Å². The molecule has 1 aliphatic heterocycles. The van der Waals surface area contributed by atoms with Gasteiger partial charge in [0.15, 0.2) is 11.7 Å². The number of oxime groups is 1. The average Bonchev–Trinajstić information content (AvgIpc) is 2.41. The lowest BCUT2D eigenvalue weighted by atomic mass is 10.1. The second-order valence-electron chi connectivity index (χ2n) is 4.37. The third kappa shape index (κ3) is 2.97. The van der Waals surface area contributed by atoms with Gasteiger partial charge in [0.25, 0.3) is 0 Å². The molecule has 1 fully saturated rings. The molecule has 0 aliphatic carbocycles. The van der Waals surface area contributed by atoms with Gasteiger partial charge in [-0.15, -0.1) is 0 Å². The fraction of sp³-hybridized carbons (Fsp3) is 0.417. The van der Waals surface area contributed by atoms with Crippen LogP contribution in [0.15, 0.2) is 21.8 Å². The molecule has 0 spiro atoms. The van der Waals surface area contributed by atoms with Crippen molar-refractivity contribution in [2.45, 2.75) is 12.2 Å². The molecule has 1 saturated heterocycles. The molecular formula is C12H15BrFN3OS. The van der Waals surface area contributed by atoms with E-state index < -0.39 is 0 Å². The highest BCUT2D eigenvalue weighted by Gasteiger charge is 2.22. The maximum Gasteiger partial charge on any atom is 0.171 e. The summed E-state index contributed by atoms with van der Waals surface area (Å²) in [6.07, 6.45) is 0. The second-order valence-corrected chi connectivity index (χ2v) is 6.71. The highest BCUT2D eigenvalue weighted by molar-refractivity contribution is 9.10. The van der Waals surface area contributed by atoms with E-state index in [1.165, 1.54) is 0 Å². The summed E-state index contributed by atoms with van der Waals surface area (Å²) in [7, 11) is 0. The fourth-order valence-corrected chi connectivity index (χ4v) is 3.62. The maximum absolute atomic E-state index is 14.4. The number of amidine groups is 1. The fourth-order valence-electron chi connectivity index (χ4n) is 2.07. The molecular weight excluding hydrogens is 333 g/mol. The molecule has 0 amide bonds. The van der Waals surface area contributed by atoms with E-state index in [-0.39, 0.29) is 16.1 Å². The lowest BCUT2D eigenvalue weighted by Crippen LogP contribution is -2.37. The van der Waals surface area contributed by atoms with Crippen molar-refractivity contribution in [3.8, 4) is 0 Å². The Kier molecular flexibility index (Phi) is 4.57. The van der Waals surface area contributed by atoms with Crippen LogP contribution >= 0.6 is 27.7 Å². The third-order valence-corrected chi connectivity index (χ3v) is 4.94. The zero-order valence-corrected chi connectivity index (χ0v) is 12.8. The Hall–Kier alpha value is -0.950. The number of hydrogen-bond donors (Lipinski definition) is 2. The summed E-state index contributed by atoms with van der Waals surface area (Å²) in [6.45, 7) is 3.77. The molecule has 0 radical (unpaired) electrons. The molecule has 0 bridgehead atoms. The normalized spacial score (nSPS) is 20.7. The quantitative estimate of drug-likeness (QED) is 0.373. The van der Waals surface area contributed by atoms with Crippen LogP contribution in [0.4, 0.5) is 10.1 Å². The van der Waals surface area contributed by atoms with Crippen molar-refractivity contribution in [2.24, 2.45) is 10.9 Å². The van der Waals surface area contributed by atoms with E-state index in [4.69, 9.17) is 10.9 Å². The molecule has 1 aliphatic rings. The first kappa shape index (κ1) is 14.5. The van der Waals surface area contributed by atoms with E-state index in [1.807, 2.05) is 16.7 Å². The predicted molar refractivity (Wildman–Crippen MR) is 80.7 cm³/mol. The first-order valence-electron chi connectivity index (χ1n) is 5.87. The molecule has 7 heteroatoms. The number of nitrogens with zero attached hydrogens (tertiary/aromatic N) is 2. The highest BCUT2D eigenvalue weighted by atomic mass is 79.9. The molecule has 0 saturated carbocycles. The van der Waals surface area contributed by atoms with E-state index >= 15 is 0 Å². The van der Waals surface area contributed by atoms with Crippen LogP contribution < -0.4 is 10.6 Å². The summed E-state index contributed by atoms with van der Waals surface area (Å²) in [4.78, 5) is 2.03. The monoisotopic (exact) mass is 347 g/mol. The Labute approximate surface area is 124 Å². The largest absolute Gasteiger partial charge is 0.409 e. The minimum Gasteiger partial charge on any atom is -0.409 e. The van der Waals surface area contributed by atoms with Gasteiger partial charge in [-0.1, -0.05) is 12.1 Å². The first-order valence-corrected chi connectivity index (χ1v) is 7.71. The van der Waals surface area contributed by atoms with Gasteiger partial charge < -0.3 is 15.8 Å². The summed E-state index contributed by atoms with van der Waals surface area (Å²) < 4.78 is 14.6. The van der Waals surface area contributed by atoms with Crippen LogP contribution in [0, 0.1) is 5.82 Å². The van der Waals surface area contributed by atoms with Crippen molar-refractivity contribution in [3.63, 3.8) is 0 Å². The van der Waals surface area contributed by atoms with Crippen molar-refractivity contribution in [1.82, 2.24) is 0 Å². The van der Waals surface area contributed by atoms with Gasteiger partial charge in [-0.25, -0.2) is 4.39 Å². The van der Waals surface area contributed by atoms with Gasteiger partial charge >= 0.3 is 0 Å². The standard InChI is InChI=1S/C12H15BrFN3OS/c1-7-6-17(4-5-19-7)9-3-2-8(12(15)16-18)10(13)11(9)14/h2-3,7,18H,4-6H2,1H3,(H2,15,16). The van der Waals surface area contributed by atoms with Crippen molar-refractivity contribution < 1.29 is 9.60 Å². The molecule has 3 N–H and O–H groups in total. The molecule has 1 aromatic carbocycles. The molecule has 1 atom stereocenters. The van der Waals surface area contributed by atoms with Crippen LogP contribution in [0.1, 0.15) is 12.5 Å². The molecule has 0 aromatic heterocycles. The summed E-state index contributed by atoms with van der Waals surface area (Å²) in [5.74, 6) is 0.503. The van der Waals surface area contributed by atoms with Gasteiger partial charge in [0.1, 0.15) is 0 Å².